The fourth-order valence-electron chi connectivity index (χ4n) is 5.91. The van der Waals surface area contributed by atoms with E-state index in [9.17, 15) is 5.11 Å². The summed E-state index contributed by atoms with van der Waals surface area (Å²) in [4.78, 5) is 2.70. The van der Waals surface area contributed by atoms with Gasteiger partial charge < -0.3 is 10.0 Å². The molecule has 30 heavy (non-hydrogen) atoms. The van der Waals surface area contributed by atoms with Crippen molar-refractivity contribution in [3.63, 3.8) is 0 Å². The van der Waals surface area contributed by atoms with Crippen LogP contribution in [0.4, 0.5) is 0 Å². The molecule has 1 aliphatic heterocycles. The van der Waals surface area contributed by atoms with Crippen LogP contribution in [0.5, 0.6) is 5.75 Å². The molecule has 2 nitrogen and oxygen atoms in total. The van der Waals surface area contributed by atoms with Crippen LogP contribution in [-0.4, -0.2) is 29.6 Å². The van der Waals surface area contributed by atoms with Gasteiger partial charge in [-0.15, -0.1) is 12.8 Å². The summed E-state index contributed by atoms with van der Waals surface area (Å²) in [5.74, 6) is 0.390. The second-order valence-electron chi connectivity index (χ2n) is 9.51. The largest absolute Gasteiger partial charge is 0.508 e. The van der Waals surface area contributed by atoms with E-state index < -0.39 is 0 Å². The van der Waals surface area contributed by atoms with E-state index in [1.807, 2.05) is 12.1 Å². The minimum absolute atomic E-state index is 0.117. The highest BCUT2D eigenvalue weighted by molar-refractivity contribution is 5.38. The topological polar surface area (TPSA) is 23.5 Å². The van der Waals surface area contributed by atoms with E-state index in [2.05, 4.69) is 55.5 Å². The summed E-state index contributed by atoms with van der Waals surface area (Å²) >= 11 is 0. The molecule has 4 rings (SSSR count). The zero-order chi connectivity index (χ0) is 21.6. The Hall–Kier alpha value is -2.24. The maximum Gasteiger partial charge on any atom is 0.115 e. The van der Waals surface area contributed by atoms with Crippen molar-refractivity contribution in [3.8, 4) is 18.6 Å². The third kappa shape index (κ3) is 4.57. The first-order valence-corrected chi connectivity index (χ1v) is 11.4. The Bertz CT molecular complexity index is 832. The van der Waals surface area contributed by atoms with E-state index in [0.29, 0.717) is 5.75 Å². The zero-order valence-electron chi connectivity index (χ0n) is 18.6. The third-order valence-corrected chi connectivity index (χ3v) is 7.58. The van der Waals surface area contributed by atoms with Crippen LogP contribution in [0, 0.1) is 18.3 Å². The predicted molar refractivity (Wildman–Crippen MR) is 128 cm³/mol. The van der Waals surface area contributed by atoms with Crippen molar-refractivity contribution in [2.75, 3.05) is 19.6 Å². The molecule has 0 radical (unpaired) electrons. The summed E-state index contributed by atoms with van der Waals surface area (Å²) in [7, 11) is 0. The smallest absolute Gasteiger partial charge is 0.115 e. The Morgan fingerprint density at radius 1 is 1.20 bits per heavy atom. The molecular formula is C28H37NO. The lowest BCUT2D eigenvalue weighted by molar-refractivity contribution is -0.00795. The molecule has 2 heteroatoms. The summed E-state index contributed by atoms with van der Waals surface area (Å²) in [5.41, 5.74) is 4.58. The first-order chi connectivity index (χ1) is 14.5. The van der Waals surface area contributed by atoms with E-state index in [1.54, 1.807) is 6.07 Å². The average molecular weight is 404 g/mol. The Balaban J connectivity index is 0.00000124. The zero-order valence-corrected chi connectivity index (χ0v) is 18.6. The molecule has 3 aliphatic rings. The van der Waals surface area contributed by atoms with Gasteiger partial charge in [-0.1, -0.05) is 55.0 Å². The molecule has 0 spiro atoms. The molecule has 2 unspecified atom stereocenters. The van der Waals surface area contributed by atoms with Crippen LogP contribution >= 0.6 is 0 Å². The van der Waals surface area contributed by atoms with Crippen molar-refractivity contribution in [3.05, 3.63) is 65.8 Å². The standard InChI is InChI=1S/C26H35NO.C2H2/c1-21-13-14-25(2)20-27(16-7-10-22-8-4-3-5-9-22)17-15-26(25,19-21)23-11-6-12-24(28)18-23;1-2/h4,6,8-9,11-12,18,28H,1,3,5,7,10,13-17,19-20H2,2H3;1-2H. The number of allylic oxidation sites excluding steroid dienone is 5. The maximum atomic E-state index is 10.1. The minimum Gasteiger partial charge on any atom is -0.508 e. The number of phenols is 1. The fraction of sp³-hybridized carbons (Fsp3) is 0.500. The lowest BCUT2D eigenvalue weighted by Crippen LogP contribution is -2.58. The summed E-state index contributed by atoms with van der Waals surface area (Å²) in [5, 5.41) is 10.1. The molecule has 160 valence electrons. The fourth-order valence-corrected chi connectivity index (χ4v) is 5.91. The molecule has 2 aliphatic carbocycles. The number of nitrogens with zero attached hydrogens (tertiary/aromatic N) is 1. The molecule has 1 N–H and O–H groups in total. The van der Waals surface area contributed by atoms with Gasteiger partial charge in [0.15, 0.2) is 0 Å². The van der Waals surface area contributed by atoms with Gasteiger partial charge in [-0.2, -0.15) is 0 Å². The number of likely N-dealkylation sites (tertiary alicyclic amines) is 1. The van der Waals surface area contributed by atoms with Gasteiger partial charge in [0, 0.05) is 12.0 Å². The van der Waals surface area contributed by atoms with E-state index in [-0.39, 0.29) is 10.8 Å². The van der Waals surface area contributed by atoms with E-state index in [0.717, 1.165) is 32.4 Å². The van der Waals surface area contributed by atoms with Gasteiger partial charge in [-0.3, -0.25) is 0 Å². The molecule has 0 aromatic heterocycles. The van der Waals surface area contributed by atoms with Crippen LogP contribution in [0.1, 0.15) is 63.9 Å². The highest BCUT2D eigenvalue weighted by Crippen LogP contribution is 2.58. The molecule has 1 heterocycles. The number of aromatic hydroxyl groups is 1. The van der Waals surface area contributed by atoms with Gasteiger partial charge >= 0.3 is 0 Å². The van der Waals surface area contributed by atoms with Crippen molar-refractivity contribution < 1.29 is 5.11 Å². The van der Waals surface area contributed by atoms with Gasteiger partial charge in [0.25, 0.3) is 0 Å². The van der Waals surface area contributed by atoms with Crippen molar-refractivity contribution in [2.45, 2.75) is 63.7 Å². The lowest BCUT2D eigenvalue weighted by atomic mass is 9.50. The van der Waals surface area contributed by atoms with Crippen molar-refractivity contribution in [1.82, 2.24) is 4.90 Å². The molecule has 1 aromatic carbocycles. The average Bonchev–Trinajstić information content (AvgIpc) is 2.76. The monoisotopic (exact) mass is 403 g/mol. The van der Waals surface area contributed by atoms with Crippen molar-refractivity contribution >= 4 is 0 Å². The van der Waals surface area contributed by atoms with Crippen LogP contribution in [0.3, 0.4) is 0 Å². The molecular weight excluding hydrogens is 366 g/mol. The molecule has 1 saturated carbocycles. The Morgan fingerprint density at radius 3 is 2.77 bits per heavy atom. The SMILES string of the molecule is C#C.C=C1CCC2(C)CN(CCCC3=CCCC=C3)CCC2(c2cccc(O)c2)C1. The minimum atomic E-state index is 0.117. The van der Waals surface area contributed by atoms with E-state index >= 15 is 0 Å². The number of piperidine rings is 1. The molecule has 2 atom stereocenters. The predicted octanol–water partition coefficient (Wildman–Crippen LogP) is 6.39. The Kier molecular flexibility index (Phi) is 7.27. The maximum absolute atomic E-state index is 10.1. The summed E-state index contributed by atoms with van der Waals surface area (Å²) < 4.78 is 0. The highest BCUT2D eigenvalue weighted by Gasteiger charge is 2.54. The van der Waals surface area contributed by atoms with Crippen molar-refractivity contribution in [1.29, 1.82) is 0 Å². The number of rotatable bonds is 5. The quantitative estimate of drug-likeness (QED) is 0.455. The van der Waals surface area contributed by atoms with Crippen molar-refractivity contribution in [2.24, 2.45) is 5.41 Å². The van der Waals surface area contributed by atoms with Crippen LogP contribution in [-0.2, 0) is 5.41 Å². The molecule has 1 saturated heterocycles. The Morgan fingerprint density at radius 2 is 2.03 bits per heavy atom. The normalized spacial score (nSPS) is 28.8. The summed E-state index contributed by atoms with van der Waals surface area (Å²) in [6.07, 6.45) is 24.5. The third-order valence-electron chi connectivity index (χ3n) is 7.58. The number of hydrogen-bond acceptors (Lipinski definition) is 2. The molecule has 1 aromatic rings. The summed E-state index contributed by atoms with van der Waals surface area (Å²) in [6, 6.07) is 8.04. The van der Waals surface area contributed by atoms with Gasteiger partial charge in [-0.05, 0) is 87.6 Å². The van der Waals surface area contributed by atoms with E-state index in [1.165, 1.54) is 55.4 Å². The Labute approximate surface area is 183 Å². The second-order valence-corrected chi connectivity index (χ2v) is 9.51. The van der Waals surface area contributed by atoms with Gasteiger partial charge in [0.1, 0.15) is 5.75 Å². The van der Waals surface area contributed by atoms with Gasteiger partial charge in [0.2, 0.25) is 0 Å². The number of fused-ring (bicyclic) bond motifs is 1. The van der Waals surface area contributed by atoms with Gasteiger partial charge in [-0.25, -0.2) is 0 Å². The second kappa shape index (κ2) is 9.71. The number of terminal acetylenes is 1. The number of phenolic OH excluding ortho intramolecular Hbond substituents is 1. The first kappa shape index (κ1) is 22.4. The molecule has 0 amide bonds. The highest BCUT2D eigenvalue weighted by atomic mass is 16.3. The lowest BCUT2D eigenvalue weighted by Gasteiger charge is -2.58. The molecule has 0 bridgehead atoms. The van der Waals surface area contributed by atoms with E-state index in [4.69, 9.17) is 0 Å². The van der Waals surface area contributed by atoms with Gasteiger partial charge in [0.05, 0.1) is 0 Å². The van der Waals surface area contributed by atoms with Crippen LogP contribution in [0.15, 0.2) is 60.2 Å². The first-order valence-electron chi connectivity index (χ1n) is 11.4. The van der Waals surface area contributed by atoms with Crippen LogP contribution in [0.2, 0.25) is 0 Å². The number of benzene rings is 1. The van der Waals surface area contributed by atoms with Crippen LogP contribution in [0.25, 0.3) is 0 Å². The summed E-state index contributed by atoms with van der Waals surface area (Å²) in [6.45, 7) is 10.3. The molecule has 2 fully saturated rings. The number of hydrogen-bond donors (Lipinski definition) is 1. The van der Waals surface area contributed by atoms with Crippen LogP contribution < -0.4 is 0 Å².